The van der Waals surface area contributed by atoms with Crippen LogP contribution in [0.1, 0.15) is 30.3 Å². The van der Waals surface area contributed by atoms with Crippen LogP contribution in [0.5, 0.6) is 5.88 Å². The van der Waals surface area contributed by atoms with Crippen LogP contribution in [0.2, 0.25) is 0 Å². The van der Waals surface area contributed by atoms with Crippen LogP contribution >= 0.6 is 0 Å². The molecule has 118 valence electrons. The number of nitrogens with one attached hydrogen (secondary N) is 1. The molecule has 8 heteroatoms. The number of rotatable bonds is 7. The number of amides is 1. The fourth-order valence-electron chi connectivity index (χ4n) is 1.57. The zero-order valence-electron chi connectivity index (χ0n) is 11.5. The first-order chi connectivity index (χ1) is 9.85. The van der Waals surface area contributed by atoms with Gasteiger partial charge in [-0.2, -0.15) is 13.2 Å². The van der Waals surface area contributed by atoms with Crippen LogP contribution in [0.4, 0.5) is 13.2 Å². The molecule has 0 saturated carbocycles. The molecule has 1 amide bonds. The van der Waals surface area contributed by atoms with E-state index < -0.39 is 18.7 Å². The van der Waals surface area contributed by atoms with Gasteiger partial charge in [0.25, 0.3) is 5.91 Å². The number of carbonyl (C=O) groups excluding carboxylic acids is 1. The van der Waals surface area contributed by atoms with E-state index in [1.807, 2.05) is 6.92 Å². The lowest BCUT2D eigenvalue weighted by atomic mass is 10.1. The number of alkyl halides is 3. The summed E-state index contributed by atoms with van der Waals surface area (Å²) in [7, 11) is 0. The molecule has 5 nitrogen and oxygen atoms in total. The van der Waals surface area contributed by atoms with E-state index in [4.69, 9.17) is 5.11 Å². The average Bonchev–Trinajstić information content (AvgIpc) is 2.44. The van der Waals surface area contributed by atoms with Gasteiger partial charge < -0.3 is 15.2 Å². The monoisotopic (exact) mass is 306 g/mol. The van der Waals surface area contributed by atoms with Gasteiger partial charge in [-0.25, -0.2) is 4.98 Å². The summed E-state index contributed by atoms with van der Waals surface area (Å²) in [4.78, 5) is 15.6. The zero-order valence-corrected chi connectivity index (χ0v) is 11.5. The van der Waals surface area contributed by atoms with E-state index in [0.717, 1.165) is 0 Å². The Hall–Kier alpha value is -1.83. The fourth-order valence-corrected chi connectivity index (χ4v) is 1.57. The van der Waals surface area contributed by atoms with Crippen molar-refractivity contribution in [3.8, 4) is 5.88 Å². The van der Waals surface area contributed by atoms with Gasteiger partial charge in [0, 0.05) is 18.7 Å². The maximum Gasteiger partial charge on any atom is 0.422 e. The lowest BCUT2D eigenvalue weighted by molar-refractivity contribution is -0.154. The number of carbonyl (C=O) groups is 1. The van der Waals surface area contributed by atoms with Crippen LogP contribution < -0.4 is 10.1 Å². The smallest absolute Gasteiger partial charge is 0.422 e. The number of aliphatic hydroxyl groups excluding tert-OH is 1. The molecule has 0 aromatic carbocycles. The van der Waals surface area contributed by atoms with Gasteiger partial charge in [0.2, 0.25) is 5.88 Å². The summed E-state index contributed by atoms with van der Waals surface area (Å²) in [5.74, 6) is -0.789. The van der Waals surface area contributed by atoms with Crippen LogP contribution in [0, 0.1) is 0 Å². The van der Waals surface area contributed by atoms with Gasteiger partial charge >= 0.3 is 6.18 Å². The van der Waals surface area contributed by atoms with E-state index in [1.165, 1.54) is 18.2 Å². The molecule has 0 radical (unpaired) electrons. The maximum atomic E-state index is 12.0. The number of hydrogen-bond acceptors (Lipinski definition) is 4. The van der Waals surface area contributed by atoms with Crippen LogP contribution in [0.3, 0.4) is 0 Å². The molecule has 1 rings (SSSR count). The first-order valence-corrected chi connectivity index (χ1v) is 6.44. The first kappa shape index (κ1) is 17.2. The second-order valence-electron chi connectivity index (χ2n) is 4.36. The van der Waals surface area contributed by atoms with Crippen molar-refractivity contribution in [1.82, 2.24) is 10.3 Å². The number of pyridine rings is 1. The predicted octanol–water partition coefficient (Wildman–Crippen LogP) is 1.91. The van der Waals surface area contributed by atoms with Gasteiger partial charge in [-0.3, -0.25) is 4.79 Å². The van der Waals surface area contributed by atoms with Crippen molar-refractivity contribution in [3.05, 3.63) is 23.9 Å². The lowest BCUT2D eigenvalue weighted by Crippen LogP contribution is -2.35. The minimum atomic E-state index is -4.46. The van der Waals surface area contributed by atoms with Crippen molar-refractivity contribution in [1.29, 1.82) is 0 Å². The standard InChI is InChI=1S/C13H17F3N2O3/c1-2-9(6-7-19)17-12(20)10-4-3-5-11(18-10)21-8-13(14,15)16/h3-5,9,19H,2,6-8H2,1H3,(H,17,20). The lowest BCUT2D eigenvalue weighted by Gasteiger charge is -2.15. The molecule has 0 aliphatic carbocycles. The van der Waals surface area contributed by atoms with Gasteiger partial charge in [-0.15, -0.1) is 0 Å². The Bertz CT molecular complexity index is 466. The predicted molar refractivity (Wildman–Crippen MR) is 69.0 cm³/mol. The molecule has 0 aliphatic heterocycles. The first-order valence-electron chi connectivity index (χ1n) is 6.44. The Kier molecular flexibility index (Phi) is 6.41. The number of ether oxygens (including phenoxy) is 1. The van der Waals surface area contributed by atoms with Crippen LogP contribution in [0.25, 0.3) is 0 Å². The molecule has 0 saturated heterocycles. The number of hydrogen-bond donors (Lipinski definition) is 2. The van der Waals surface area contributed by atoms with E-state index in [2.05, 4.69) is 15.0 Å². The summed E-state index contributed by atoms with van der Waals surface area (Å²) < 4.78 is 40.6. The number of halogens is 3. The third-order valence-corrected chi connectivity index (χ3v) is 2.65. The topological polar surface area (TPSA) is 71.5 Å². The largest absolute Gasteiger partial charge is 0.468 e. The normalized spacial score (nSPS) is 12.8. The molecule has 1 heterocycles. The van der Waals surface area contributed by atoms with Crippen LogP contribution in [-0.2, 0) is 0 Å². The van der Waals surface area contributed by atoms with Crippen molar-refractivity contribution in [3.63, 3.8) is 0 Å². The van der Waals surface area contributed by atoms with Gasteiger partial charge in [0.1, 0.15) is 5.69 Å². The second kappa shape index (κ2) is 7.82. The van der Waals surface area contributed by atoms with Crippen molar-refractivity contribution in [2.45, 2.75) is 32.0 Å². The molecule has 1 aromatic rings. The van der Waals surface area contributed by atoms with E-state index in [9.17, 15) is 18.0 Å². The summed E-state index contributed by atoms with van der Waals surface area (Å²) in [6.45, 7) is 0.311. The maximum absolute atomic E-state index is 12.0. The van der Waals surface area contributed by atoms with Crippen LogP contribution in [-0.4, -0.2) is 41.4 Å². The van der Waals surface area contributed by atoms with Crippen molar-refractivity contribution in [2.75, 3.05) is 13.2 Å². The highest BCUT2D eigenvalue weighted by molar-refractivity contribution is 5.92. The minimum absolute atomic E-state index is 0.0361. The molecule has 0 fully saturated rings. The number of aromatic nitrogens is 1. The average molecular weight is 306 g/mol. The van der Waals surface area contributed by atoms with Crippen molar-refractivity contribution in [2.24, 2.45) is 0 Å². The van der Waals surface area contributed by atoms with Crippen LogP contribution in [0.15, 0.2) is 18.2 Å². The van der Waals surface area contributed by atoms with Crippen molar-refractivity contribution < 1.29 is 27.8 Å². The van der Waals surface area contributed by atoms with E-state index in [1.54, 1.807) is 0 Å². The third kappa shape index (κ3) is 6.44. The number of aliphatic hydroxyl groups is 1. The molecule has 21 heavy (non-hydrogen) atoms. The van der Waals surface area contributed by atoms with E-state index in [-0.39, 0.29) is 24.2 Å². The highest BCUT2D eigenvalue weighted by Crippen LogP contribution is 2.17. The summed E-state index contributed by atoms with van der Waals surface area (Å²) in [6, 6.07) is 3.79. The molecular weight excluding hydrogens is 289 g/mol. The highest BCUT2D eigenvalue weighted by atomic mass is 19.4. The minimum Gasteiger partial charge on any atom is -0.468 e. The van der Waals surface area contributed by atoms with Gasteiger partial charge in [-0.1, -0.05) is 13.0 Å². The highest BCUT2D eigenvalue weighted by Gasteiger charge is 2.28. The summed E-state index contributed by atoms with van der Waals surface area (Å²) in [6.07, 6.45) is -3.45. The SMILES string of the molecule is CCC(CCO)NC(=O)c1cccc(OCC(F)(F)F)n1. The Balaban J connectivity index is 2.68. The molecule has 2 N–H and O–H groups in total. The van der Waals surface area contributed by atoms with E-state index >= 15 is 0 Å². The fraction of sp³-hybridized carbons (Fsp3) is 0.538. The van der Waals surface area contributed by atoms with Crippen molar-refractivity contribution >= 4 is 5.91 Å². The Labute approximate surface area is 120 Å². The Morgan fingerprint density at radius 1 is 1.48 bits per heavy atom. The van der Waals surface area contributed by atoms with Gasteiger partial charge in [0.15, 0.2) is 6.61 Å². The molecular formula is C13H17F3N2O3. The quantitative estimate of drug-likeness (QED) is 0.807. The van der Waals surface area contributed by atoms with E-state index in [0.29, 0.717) is 12.8 Å². The molecule has 0 spiro atoms. The second-order valence-corrected chi connectivity index (χ2v) is 4.36. The summed E-state index contributed by atoms with van der Waals surface area (Å²) >= 11 is 0. The molecule has 0 aliphatic rings. The summed E-state index contributed by atoms with van der Waals surface area (Å²) in [5.41, 5.74) is -0.0361. The molecule has 0 bridgehead atoms. The molecule has 1 unspecified atom stereocenters. The molecule has 1 aromatic heterocycles. The number of nitrogens with zero attached hydrogens (tertiary/aromatic N) is 1. The third-order valence-electron chi connectivity index (χ3n) is 2.65. The van der Waals surface area contributed by atoms with Gasteiger partial charge in [-0.05, 0) is 18.9 Å². The molecule has 1 atom stereocenters. The summed E-state index contributed by atoms with van der Waals surface area (Å²) in [5, 5.41) is 11.5. The Morgan fingerprint density at radius 2 is 2.19 bits per heavy atom. The Morgan fingerprint density at radius 3 is 2.76 bits per heavy atom. The zero-order chi connectivity index (χ0) is 15.9. The van der Waals surface area contributed by atoms with Gasteiger partial charge in [0.05, 0.1) is 0 Å².